The SMILES string of the molecule is COCCC(N)C(=O)NC1CCC(=O)NC1. The van der Waals surface area contributed by atoms with Gasteiger partial charge in [-0.2, -0.15) is 0 Å². The number of carbonyl (C=O) groups is 2. The Morgan fingerprint density at radius 3 is 3.06 bits per heavy atom. The number of methoxy groups -OCH3 is 1. The van der Waals surface area contributed by atoms with Crippen LogP contribution in [0.1, 0.15) is 19.3 Å². The molecular weight excluding hydrogens is 210 g/mol. The van der Waals surface area contributed by atoms with Gasteiger partial charge in [-0.3, -0.25) is 9.59 Å². The van der Waals surface area contributed by atoms with E-state index in [1.54, 1.807) is 7.11 Å². The van der Waals surface area contributed by atoms with Gasteiger partial charge in [0.05, 0.1) is 6.04 Å². The van der Waals surface area contributed by atoms with Gasteiger partial charge in [0.2, 0.25) is 11.8 Å². The van der Waals surface area contributed by atoms with E-state index in [9.17, 15) is 9.59 Å². The minimum absolute atomic E-state index is 0.00112. The number of carbonyl (C=O) groups excluding carboxylic acids is 2. The van der Waals surface area contributed by atoms with Crippen molar-refractivity contribution in [3.05, 3.63) is 0 Å². The Bertz CT molecular complexity index is 248. The summed E-state index contributed by atoms with van der Waals surface area (Å²) in [7, 11) is 1.57. The van der Waals surface area contributed by atoms with Crippen molar-refractivity contribution in [2.75, 3.05) is 20.3 Å². The molecule has 0 spiro atoms. The largest absolute Gasteiger partial charge is 0.385 e. The number of amides is 2. The third kappa shape index (κ3) is 4.16. The molecule has 0 bridgehead atoms. The van der Waals surface area contributed by atoms with Crippen molar-refractivity contribution in [3.8, 4) is 0 Å². The summed E-state index contributed by atoms with van der Waals surface area (Å²) >= 11 is 0. The summed E-state index contributed by atoms with van der Waals surface area (Å²) in [4.78, 5) is 22.5. The third-order valence-electron chi connectivity index (χ3n) is 2.58. The maximum Gasteiger partial charge on any atom is 0.237 e. The molecule has 1 heterocycles. The van der Waals surface area contributed by atoms with Gasteiger partial charge in [-0.05, 0) is 12.8 Å². The van der Waals surface area contributed by atoms with Gasteiger partial charge in [0.15, 0.2) is 0 Å². The predicted octanol–water partition coefficient (Wildman–Crippen LogP) is -1.25. The minimum atomic E-state index is -0.544. The molecule has 1 aliphatic heterocycles. The molecule has 4 N–H and O–H groups in total. The van der Waals surface area contributed by atoms with E-state index in [1.165, 1.54) is 0 Å². The maximum atomic E-state index is 11.6. The van der Waals surface area contributed by atoms with Crippen molar-refractivity contribution < 1.29 is 14.3 Å². The van der Waals surface area contributed by atoms with Gasteiger partial charge >= 0.3 is 0 Å². The van der Waals surface area contributed by atoms with E-state index in [-0.39, 0.29) is 17.9 Å². The highest BCUT2D eigenvalue weighted by atomic mass is 16.5. The minimum Gasteiger partial charge on any atom is -0.385 e. The second-order valence-electron chi connectivity index (χ2n) is 3.94. The number of nitrogens with one attached hydrogen (secondary N) is 2. The Morgan fingerprint density at radius 1 is 1.75 bits per heavy atom. The molecule has 0 aromatic rings. The molecule has 6 nitrogen and oxygen atoms in total. The molecule has 0 saturated carbocycles. The summed E-state index contributed by atoms with van der Waals surface area (Å²) in [6.45, 7) is 0.956. The molecule has 2 atom stereocenters. The second kappa shape index (κ2) is 6.44. The number of nitrogens with two attached hydrogens (primary N) is 1. The van der Waals surface area contributed by atoms with E-state index in [1.807, 2.05) is 0 Å². The summed E-state index contributed by atoms with van der Waals surface area (Å²) in [5, 5.41) is 5.51. The van der Waals surface area contributed by atoms with Crippen molar-refractivity contribution >= 4 is 11.8 Å². The average Bonchev–Trinajstić information content (AvgIpc) is 2.29. The van der Waals surface area contributed by atoms with E-state index in [4.69, 9.17) is 10.5 Å². The van der Waals surface area contributed by atoms with Gasteiger partial charge in [0.1, 0.15) is 0 Å². The number of hydrogen-bond acceptors (Lipinski definition) is 4. The zero-order chi connectivity index (χ0) is 12.0. The summed E-state index contributed by atoms with van der Waals surface area (Å²) < 4.78 is 4.85. The van der Waals surface area contributed by atoms with Gasteiger partial charge in [-0.25, -0.2) is 0 Å². The van der Waals surface area contributed by atoms with E-state index in [2.05, 4.69) is 10.6 Å². The predicted molar refractivity (Wildman–Crippen MR) is 58.6 cm³/mol. The molecule has 0 aromatic carbocycles. The summed E-state index contributed by atoms with van der Waals surface area (Å²) in [6.07, 6.45) is 1.63. The first kappa shape index (κ1) is 12.9. The van der Waals surface area contributed by atoms with Gasteiger partial charge < -0.3 is 21.1 Å². The van der Waals surface area contributed by atoms with Crippen LogP contribution in [-0.2, 0) is 14.3 Å². The highest BCUT2D eigenvalue weighted by Crippen LogP contribution is 2.03. The van der Waals surface area contributed by atoms with Crippen molar-refractivity contribution in [2.45, 2.75) is 31.3 Å². The van der Waals surface area contributed by atoms with E-state index in [0.717, 1.165) is 0 Å². The molecule has 1 rings (SSSR count). The van der Waals surface area contributed by atoms with Crippen LogP contribution in [0.5, 0.6) is 0 Å². The molecule has 2 unspecified atom stereocenters. The molecule has 0 aromatic heterocycles. The van der Waals surface area contributed by atoms with Crippen LogP contribution in [0.3, 0.4) is 0 Å². The molecular formula is C10H19N3O3. The molecule has 16 heavy (non-hydrogen) atoms. The maximum absolute atomic E-state index is 11.6. The molecule has 92 valence electrons. The number of rotatable bonds is 5. The van der Waals surface area contributed by atoms with Crippen molar-refractivity contribution in [3.63, 3.8) is 0 Å². The van der Waals surface area contributed by atoms with Crippen molar-refractivity contribution in [1.82, 2.24) is 10.6 Å². The Morgan fingerprint density at radius 2 is 2.50 bits per heavy atom. The lowest BCUT2D eigenvalue weighted by atomic mass is 10.1. The van der Waals surface area contributed by atoms with E-state index < -0.39 is 6.04 Å². The molecule has 1 fully saturated rings. The fraction of sp³-hybridized carbons (Fsp3) is 0.800. The second-order valence-corrected chi connectivity index (χ2v) is 3.94. The van der Waals surface area contributed by atoms with Crippen LogP contribution in [0.4, 0.5) is 0 Å². The van der Waals surface area contributed by atoms with Crippen LogP contribution in [0.2, 0.25) is 0 Å². The third-order valence-corrected chi connectivity index (χ3v) is 2.58. The molecule has 0 aliphatic carbocycles. The van der Waals surface area contributed by atoms with Crippen molar-refractivity contribution in [1.29, 1.82) is 0 Å². The highest BCUT2D eigenvalue weighted by Gasteiger charge is 2.22. The smallest absolute Gasteiger partial charge is 0.237 e. The average molecular weight is 229 g/mol. The fourth-order valence-corrected chi connectivity index (χ4v) is 1.54. The van der Waals surface area contributed by atoms with Gasteiger partial charge in [0.25, 0.3) is 0 Å². The van der Waals surface area contributed by atoms with Crippen molar-refractivity contribution in [2.24, 2.45) is 5.73 Å². The van der Waals surface area contributed by atoms with Crippen LogP contribution >= 0.6 is 0 Å². The Labute approximate surface area is 94.9 Å². The van der Waals surface area contributed by atoms with Gasteiger partial charge in [-0.1, -0.05) is 0 Å². The summed E-state index contributed by atoms with van der Waals surface area (Å²) in [6, 6.07) is -0.545. The monoisotopic (exact) mass is 229 g/mol. The van der Waals surface area contributed by atoms with Crippen LogP contribution < -0.4 is 16.4 Å². The summed E-state index contributed by atoms with van der Waals surface area (Å²) in [5.41, 5.74) is 5.67. The molecule has 0 radical (unpaired) electrons. The molecule has 1 aliphatic rings. The fourth-order valence-electron chi connectivity index (χ4n) is 1.54. The van der Waals surface area contributed by atoms with E-state index in [0.29, 0.717) is 32.4 Å². The highest BCUT2D eigenvalue weighted by molar-refractivity contribution is 5.82. The molecule has 2 amide bonds. The van der Waals surface area contributed by atoms with Crippen LogP contribution in [-0.4, -0.2) is 44.2 Å². The lowest BCUT2D eigenvalue weighted by Crippen LogP contribution is -2.52. The van der Waals surface area contributed by atoms with Gasteiger partial charge in [0, 0.05) is 32.7 Å². The first-order valence-corrected chi connectivity index (χ1v) is 5.45. The topological polar surface area (TPSA) is 93.4 Å². The zero-order valence-electron chi connectivity index (χ0n) is 9.49. The van der Waals surface area contributed by atoms with Gasteiger partial charge in [-0.15, -0.1) is 0 Å². The van der Waals surface area contributed by atoms with Crippen LogP contribution in [0.25, 0.3) is 0 Å². The lowest BCUT2D eigenvalue weighted by molar-refractivity contribution is -0.126. The number of hydrogen-bond donors (Lipinski definition) is 3. The molecule has 6 heteroatoms. The quantitative estimate of drug-likeness (QED) is 0.549. The lowest BCUT2D eigenvalue weighted by Gasteiger charge is -2.24. The summed E-state index contributed by atoms with van der Waals surface area (Å²) in [5.74, 6) is -0.146. The standard InChI is InChI=1S/C10H19N3O3/c1-16-5-4-8(11)10(15)13-7-2-3-9(14)12-6-7/h7-8H,2-6,11H2,1H3,(H,12,14)(H,13,15). The Kier molecular flexibility index (Phi) is 5.21. The number of piperidine rings is 1. The van der Waals surface area contributed by atoms with Crippen LogP contribution in [0.15, 0.2) is 0 Å². The first-order valence-electron chi connectivity index (χ1n) is 5.45. The normalized spacial score (nSPS) is 22.4. The Balaban J connectivity index is 2.25. The number of ether oxygens (including phenoxy) is 1. The zero-order valence-corrected chi connectivity index (χ0v) is 9.49. The first-order chi connectivity index (χ1) is 7.63. The Hall–Kier alpha value is -1.14. The van der Waals surface area contributed by atoms with Crippen LogP contribution in [0, 0.1) is 0 Å². The van der Waals surface area contributed by atoms with E-state index >= 15 is 0 Å². The molecule has 1 saturated heterocycles.